The number of benzene rings is 1. The maximum Gasteiger partial charge on any atom is 0.0755 e. The fourth-order valence-electron chi connectivity index (χ4n) is 2.07. The van der Waals surface area contributed by atoms with Crippen molar-refractivity contribution in [3.8, 4) is 0 Å². The van der Waals surface area contributed by atoms with Crippen LogP contribution >= 0.6 is 0 Å². The number of anilines is 1. The van der Waals surface area contributed by atoms with Crippen LogP contribution in [0.2, 0.25) is 0 Å². The molecule has 1 aromatic heterocycles. The van der Waals surface area contributed by atoms with E-state index in [0.29, 0.717) is 6.54 Å². The van der Waals surface area contributed by atoms with E-state index in [4.69, 9.17) is 10.7 Å². The molecule has 0 bridgehead atoms. The van der Waals surface area contributed by atoms with E-state index in [1.54, 1.807) is 0 Å². The smallest absolute Gasteiger partial charge is 0.0755 e. The fraction of sp³-hybridized carbons (Fsp3) is 0.357. The normalized spacial score (nSPS) is 10.8. The molecule has 17 heavy (non-hydrogen) atoms. The first-order valence-electron chi connectivity index (χ1n) is 5.90. The number of para-hydroxylation sites is 1. The van der Waals surface area contributed by atoms with Crippen LogP contribution in [-0.4, -0.2) is 25.6 Å². The Bertz CT molecular complexity index is 532. The predicted octanol–water partition coefficient (Wildman–Crippen LogP) is 2.11. The molecule has 0 atom stereocenters. The number of aryl methyl sites for hydroxylation is 1. The second-order valence-electron chi connectivity index (χ2n) is 4.54. The van der Waals surface area contributed by atoms with Crippen molar-refractivity contribution in [3.63, 3.8) is 0 Å². The lowest BCUT2D eigenvalue weighted by Crippen LogP contribution is -2.12. The fourth-order valence-corrected chi connectivity index (χ4v) is 2.07. The topological polar surface area (TPSA) is 42.1 Å². The van der Waals surface area contributed by atoms with Gasteiger partial charge in [0.2, 0.25) is 0 Å². The van der Waals surface area contributed by atoms with Crippen molar-refractivity contribution in [3.05, 3.63) is 35.5 Å². The molecule has 0 fully saturated rings. The molecule has 0 amide bonds. The number of hydrogen-bond acceptors (Lipinski definition) is 3. The van der Waals surface area contributed by atoms with Crippen LogP contribution in [0.25, 0.3) is 10.9 Å². The van der Waals surface area contributed by atoms with Crippen LogP contribution in [0.1, 0.15) is 11.3 Å². The molecule has 2 aromatic rings. The average molecular weight is 229 g/mol. The van der Waals surface area contributed by atoms with Crippen molar-refractivity contribution in [1.29, 1.82) is 0 Å². The Morgan fingerprint density at radius 1 is 1.29 bits per heavy atom. The minimum atomic E-state index is 0.636. The molecule has 0 aliphatic carbocycles. The first-order chi connectivity index (χ1) is 8.13. The SMILES string of the molecule is Cc1cccc2c(N(C)C)cc(CCN)nc12. The minimum Gasteiger partial charge on any atom is -0.377 e. The minimum absolute atomic E-state index is 0.636. The Morgan fingerprint density at radius 2 is 2.06 bits per heavy atom. The van der Waals surface area contributed by atoms with Gasteiger partial charge in [0, 0.05) is 37.3 Å². The van der Waals surface area contributed by atoms with E-state index in [1.807, 2.05) is 0 Å². The number of hydrogen-bond donors (Lipinski definition) is 1. The van der Waals surface area contributed by atoms with Gasteiger partial charge in [-0.05, 0) is 25.1 Å². The molecule has 90 valence electrons. The highest BCUT2D eigenvalue weighted by molar-refractivity contribution is 5.93. The maximum absolute atomic E-state index is 5.62. The molecule has 0 saturated heterocycles. The third kappa shape index (κ3) is 2.24. The summed E-state index contributed by atoms with van der Waals surface area (Å²) in [4.78, 5) is 6.83. The Balaban J connectivity index is 2.72. The zero-order valence-corrected chi connectivity index (χ0v) is 10.7. The lowest BCUT2D eigenvalue weighted by Gasteiger charge is -2.17. The van der Waals surface area contributed by atoms with E-state index in [-0.39, 0.29) is 0 Å². The Morgan fingerprint density at radius 3 is 2.71 bits per heavy atom. The lowest BCUT2D eigenvalue weighted by atomic mass is 10.1. The first-order valence-corrected chi connectivity index (χ1v) is 5.90. The van der Waals surface area contributed by atoms with Crippen LogP contribution in [0.3, 0.4) is 0 Å². The monoisotopic (exact) mass is 229 g/mol. The summed E-state index contributed by atoms with van der Waals surface area (Å²) < 4.78 is 0. The third-order valence-corrected chi connectivity index (χ3v) is 2.95. The van der Waals surface area contributed by atoms with Crippen molar-refractivity contribution in [2.24, 2.45) is 5.73 Å². The van der Waals surface area contributed by atoms with Gasteiger partial charge >= 0.3 is 0 Å². The first kappa shape index (κ1) is 11.9. The summed E-state index contributed by atoms with van der Waals surface area (Å²) in [5.41, 5.74) is 10.2. The highest BCUT2D eigenvalue weighted by atomic mass is 15.1. The molecule has 1 heterocycles. The van der Waals surface area contributed by atoms with Gasteiger partial charge in [0.1, 0.15) is 0 Å². The van der Waals surface area contributed by atoms with E-state index in [0.717, 1.165) is 17.6 Å². The summed E-state index contributed by atoms with van der Waals surface area (Å²) in [5.74, 6) is 0. The van der Waals surface area contributed by atoms with Crippen molar-refractivity contribution in [1.82, 2.24) is 4.98 Å². The quantitative estimate of drug-likeness (QED) is 0.876. The predicted molar refractivity (Wildman–Crippen MR) is 73.6 cm³/mol. The zero-order chi connectivity index (χ0) is 12.4. The highest BCUT2D eigenvalue weighted by Gasteiger charge is 2.08. The molecule has 3 nitrogen and oxygen atoms in total. The van der Waals surface area contributed by atoms with Gasteiger partial charge in [-0.25, -0.2) is 0 Å². The van der Waals surface area contributed by atoms with Gasteiger partial charge < -0.3 is 10.6 Å². The second-order valence-corrected chi connectivity index (χ2v) is 4.54. The molecular weight excluding hydrogens is 210 g/mol. The van der Waals surface area contributed by atoms with E-state index < -0.39 is 0 Å². The lowest BCUT2D eigenvalue weighted by molar-refractivity contribution is 0.928. The van der Waals surface area contributed by atoms with Gasteiger partial charge in [0.25, 0.3) is 0 Å². The van der Waals surface area contributed by atoms with Gasteiger partial charge in [0.05, 0.1) is 5.52 Å². The molecule has 3 heteroatoms. The van der Waals surface area contributed by atoms with Gasteiger partial charge in [-0.1, -0.05) is 18.2 Å². The molecule has 2 rings (SSSR count). The molecule has 0 radical (unpaired) electrons. The molecule has 1 aromatic carbocycles. The Hall–Kier alpha value is -1.61. The average Bonchev–Trinajstić information content (AvgIpc) is 2.29. The largest absolute Gasteiger partial charge is 0.377 e. The molecule has 0 aliphatic rings. The van der Waals surface area contributed by atoms with Crippen LogP contribution in [0.4, 0.5) is 5.69 Å². The molecule has 0 unspecified atom stereocenters. The van der Waals surface area contributed by atoms with Crippen molar-refractivity contribution in [2.75, 3.05) is 25.5 Å². The van der Waals surface area contributed by atoms with Gasteiger partial charge in [-0.2, -0.15) is 0 Å². The highest BCUT2D eigenvalue weighted by Crippen LogP contribution is 2.27. The Kier molecular flexibility index (Phi) is 3.29. The molecular formula is C14H19N3. The van der Waals surface area contributed by atoms with Crippen LogP contribution < -0.4 is 10.6 Å². The van der Waals surface area contributed by atoms with Crippen molar-refractivity contribution < 1.29 is 0 Å². The van der Waals surface area contributed by atoms with Gasteiger partial charge in [-0.15, -0.1) is 0 Å². The summed E-state index contributed by atoms with van der Waals surface area (Å²) in [6.45, 7) is 2.73. The van der Waals surface area contributed by atoms with Crippen LogP contribution in [-0.2, 0) is 6.42 Å². The van der Waals surface area contributed by atoms with Gasteiger partial charge in [0.15, 0.2) is 0 Å². The van der Waals surface area contributed by atoms with E-state index in [1.165, 1.54) is 16.6 Å². The molecule has 0 aliphatic heterocycles. The number of aromatic nitrogens is 1. The standard InChI is InChI=1S/C14H19N3/c1-10-5-4-6-12-13(17(2)3)9-11(7-8-15)16-14(10)12/h4-6,9H,7-8,15H2,1-3H3. The maximum atomic E-state index is 5.62. The van der Waals surface area contributed by atoms with Crippen molar-refractivity contribution in [2.45, 2.75) is 13.3 Å². The number of nitrogens with two attached hydrogens (primary N) is 1. The van der Waals surface area contributed by atoms with E-state index in [2.05, 4.69) is 50.2 Å². The van der Waals surface area contributed by atoms with Crippen LogP contribution in [0.5, 0.6) is 0 Å². The number of nitrogens with zero attached hydrogens (tertiary/aromatic N) is 2. The summed E-state index contributed by atoms with van der Waals surface area (Å²) in [7, 11) is 4.12. The molecule has 2 N–H and O–H groups in total. The van der Waals surface area contributed by atoms with Gasteiger partial charge in [-0.3, -0.25) is 4.98 Å². The second kappa shape index (κ2) is 4.72. The number of rotatable bonds is 3. The van der Waals surface area contributed by atoms with E-state index in [9.17, 15) is 0 Å². The summed E-state index contributed by atoms with van der Waals surface area (Å²) in [6, 6.07) is 8.43. The van der Waals surface area contributed by atoms with Crippen LogP contribution in [0.15, 0.2) is 24.3 Å². The number of pyridine rings is 1. The molecule has 0 saturated carbocycles. The van der Waals surface area contributed by atoms with Crippen LogP contribution in [0, 0.1) is 6.92 Å². The molecule has 0 spiro atoms. The summed E-state index contributed by atoms with van der Waals surface area (Å²) >= 11 is 0. The van der Waals surface area contributed by atoms with E-state index >= 15 is 0 Å². The summed E-state index contributed by atoms with van der Waals surface area (Å²) in [5, 5.41) is 1.20. The Labute approximate surface area is 102 Å². The summed E-state index contributed by atoms with van der Waals surface area (Å²) in [6.07, 6.45) is 0.825. The van der Waals surface area contributed by atoms with Crippen molar-refractivity contribution >= 4 is 16.6 Å². The zero-order valence-electron chi connectivity index (χ0n) is 10.7. The third-order valence-electron chi connectivity index (χ3n) is 2.95. The number of fused-ring (bicyclic) bond motifs is 1.